The van der Waals surface area contributed by atoms with Gasteiger partial charge in [0.1, 0.15) is 20.3 Å². The molecule has 0 saturated heterocycles. The van der Waals surface area contributed by atoms with E-state index in [1.165, 1.54) is 0 Å². The van der Waals surface area contributed by atoms with Crippen molar-refractivity contribution in [2.24, 2.45) is 0 Å². The van der Waals surface area contributed by atoms with Gasteiger partial charge in [-0.2, -0.15) is 0 Å². The fourth-order valence-corrected chi connectivity index (χ4v) is 1.94. The molecule has 0 saturated carbocycles. The van der Waals surface area contributed by atoms with Crippen molar-refractivity contribution in [2.75, 3.05) is 7.11 Å². The molecule has 0 radical (unpaired) electrons. The second-order valence-corrected chi connectivity index (χ2v) is 4.23. The fourth-order valence-electron chi connectivity index (χ4n) is 1.27. The van der Waals surface area contributed by atoms with E-state index in [1.807, 2.05) is 54.6 Å². The van der Waals surface area contributed by atoms with Crippen LogP contribution in [-0.2, 0) is 0 Å². The van der Waals surface area contributed by atoms with Crippen LogP contribution in [0.1, 0.15) is 0 Å². The molecule has 0 aliphatic carbocycles. The smallest absolute Gasteiger partial charge is 0.123 e. The van der Waals surface area contributed by atoms with Gasteiger partial charge >= 0.3 is 0 Å². The minimum atomic E-state index is 0.324. The molecule has 82 valence electrons. The zero-order valence-electron chi connectivity index (χ0n) is 9.01. The highest BCUT2D eigenvalue weighted by Crippen LogP contribution is 2.20. The SMILES string of the molecule is COc1ccc(POc2ccccc2)cc1. The average molecular weight is 232 g/mol. The highest BCUT2D eigenvalue weighted by atomic mass is 31.1. The van der Waals surface area contributed by atoms with Gasteiger partial charge in [0.25, 0.3) is 0 Å². The van der Waals surface area contributed by atoms with Crippen molar-refractivity contribution in [1.29, 1.82) is 0 Å². The summed E-state index contributed by atoms with van der Waals surface area (Å²) in [5.74, 6) is 1.77. The summed E-state index contributed by atoms with van der Waals surface area (Å²) in [6.45, 7) is 0. The second kappa shape index (κ2) is 5.53. The predicted octanol–water partition coefficient (Wildman–Crippen LogP) is 2.99. The summed E-state index contributed by atoms with van der Waals surface area (Å²) in [7, 11) is 1.99. The number of methoxy groups -OCH3 is 1. The molecule has 16 heavy (non-hydrogen) atoms. The molecule has 1 unspecified atom stereocenters. The molecule has 0 spiro atoms. The van der Waals surface area contributed by atoms with Crippen LogP contribution >= 0.6 is 8.81 Å². The van der Waals surface area contributed by atoms with Gasteiger partial charge in [-0.15, -0.1) is 0 Å². The Labute approximate surface area is 97.1 Å². The first-order valence-electron chi connectivity index (χ1n) is 5.00. The molecule has 1 atom stereocenters. The van der Waals surface area contributed by atoms with E-state index in [-0.39, 0.29) is 0 Å². The molecular formula is C13H13O2P. The molecule has 2 aromatic carbocycles. The van der Waals surface area contributed by atoms with Gasteiger partial charge in [-0.1, -0.05) is 18.2 Å². The maximum atomic E-state index is 5.65. The largest absolute Gasteiger partial charge is 0.497 e. The molecule has 0 aliphatic heterocycles. The lowest BCUT2D eigenvalue weighted by molar-refractivity contribution is 0.415. The first kappa shape index (κ1) is 11.0. The van der Waals surface area contributed by atoms with Crippen LogP contribution in [0.2, 0.25) is 0 Å². The Hall–Kier alpha value is -1.53. The van der Waals surface area contributed by atoms with Gasteiger partial charge in [0, 0.05) is 5.30 Å². The topological polar surface area (TPSA) is 18.5 Å². The Balaban J connectivity index is 1.94. The quantitative estimate of drug-likeness (QED) is 0.754. The normalized spacial score (nSPS) is 10.6. The molecule has 0 amide bonds. The maximum Gasteiger partial charge on any atom is 0.123 e. The van der Waals surface area contributed by atoms with Gasteiger partial charge in [0.2, 0.25) is 0 Å². The Bertz CT molecular complexity index is 425. The second-order valence-electron chi connectivity index (χ2n) is 3.25. The van der Waals surface area contributed by atoms with Crippen LogP contribution in [0.25, 0.3) is 0 Å². The summed E-state index contributed by atoms with van der Waals surface area (Å²) < 4.78 is 10.7. The predicted molar refractivity (Wildman–Crippen MR) is 68.0 cm³/mol. The van der Waals surface area contributed by atoms with Gasteiger partial charge in [0.15, 0.2) is 0 Å². The summed E-state index contributed by atoms with van der Waals surface area (Å²) in [5.41, 5.74) is 0. The summed E-state index contributed by atoms with van der Waals surface area (Å²) in [6, 6.07) is 17.7. The van der Waals surface area contributed by atoms with E-state index in [9.17, 15) is 0 Å². The summed E-state index contributed by atoms with van der Waals surface area (Å²) in [6.07, 6.45) is 0. The summed E-state index contributed by atoms with van der Waals surface area (Å²) >= 11 is 0. The van der Waals surface area contributed by atoms with E-state index in [0.29, 0.717) is 8.81 Å². The molecular weight excluding hydrogens is 219 g/mol. The van der Waals surface area contributed by atoms with Gasteiger partial charge in [-0.05, 0) is 36.4 Å². The standard InChI is InChI=1S/C13H13O2P/c1-14-11-7-9-13(10-8-11)16-15-12-5-3-2-4-6-12/h2-10,16H,1H3. The number of benzene rings is 2. The Morgan fingerprint density at radius 3 is 2.12 bits per heavy atom. The van der Waals surface area contributed by atoms with Gasteiger partial charge in [0.05, 0.1) is 7.11 Å². The lowest BCUT2D eigenvalue weighted by Crippen LogP contribution is -1.96. The Kier molecular flexibility index (Phi) is 3.79. The van der Waals surface area contributed by atoms with Crippen molar-refractivity contribution in [3.63, 3.8) is 0 Å². The third kappa shape index (κ3) is 2.98. The summed E-state index contributed by atoms with van der Waals surface area (Å²) in [5, 5.41) is 1.16. The van der Waals surface area contributed by atoms with Gasteiger partial charge in [-0.3, -0.25) is 0 Å². The number of ether oxygens (including phenoxy) is 1. The molecule has 0 bridgehead atoms. The van der Waals surface area contributed by atoms with Crippen LogP contribution < -0.4 is 14.6 Å². The highest BCUT2D eigenvalue weighted by Gasteiger charge is 1.96. The molecule has 2 nitrogen and oxygen atoms in total. The van der Waals surface area contributed by atoms with Crippen LogP contribution in [0.4, 0.5) is 0 Å². The van der Waals surface area contributed by atoms with E-state index in [0.717, 1.165) is 16.8 Å². The van der Waals surface area contributed by atoms with E-state index < -0.39 is 0 Å². The van der Waals surface area contributed by atoms with E-state index in [1.54, 1.807) is 7.11 Å². The monoisotopic (exact) mass is 232 g/mol. The molecule has 2 aromatic rings. The van der Waals surface area contributed by atoms with E-state index in [2.05, 4.69) is 0 Å². The van der Waals surface area contributed by atoms with Crippen molar-refractivity contribution >= 4 is 14.1 Å². The van der Waals surface area contributed by atoms with Crippen molar-refractivity contribution in [3.8, 4) is 11.5 Å². The van der Waals surface area contributed by atoms with Crippen LogP contribution in [0, 0.1) is 0 Å². The Morgan fingerprint density at radius 2 is 1.50 bits per heavy atom. The van der Waals surface area contributed by atoms with E-state index >= 15 is 0 Å². The van der Waals surface area contributed by atoms with Crippen LogP contribution in [-0.4, -0.2) is 7.11 Å². The van der Waals surface area contributed by atoms with Crippen molar-refractivity contribution in [2.45, 2.75) is 0 Å². The molecule has 0 aliphatic rings. The maximum absolute atomic E-state index is 5.65. The van der Waals surface area contributed by atoms with Crippen molar-refractivity contribution < 1.29 is 9.26 Å². The average Bonchev–Trinajstić information content (AvgIpc) is 2.38. The van der Waals surface area contributed by atoms with Crippen LogP contribution in [0.3, 0.4) is 0 Å². The minimum absolute atomic E-state index is 0.324. The molecule has 2 rings (SSSR count). The Morgan fingerprint density at radius 1 is 0.812 bits per heavy atom. The van der Waals surface area contributed by atoms with Crippen LogP contribution in [0.5, 0.6) is 11.5 Å². The first-order valence-corrected chi connectivity index (χ1v) is 5.91. The number of hydrogen-bond acceptors (Lipinski definition) is 2. The molecule has 0 aromatic heterocycles. The third-order valence-corrected chi connectivity index (χ3v) is 3.03. The number of para-hydroxylation sites is 1. The number of hydrogen-bond donors (Lipinski definition) is 0. The van der Waals surface area contributed by atoms with Crippen molar-refractivity contribution in [3.05, 3.63) is 54.6 Å². The number of rotatable bonds is 4. The highest BCUT2D eigenvalue weighted by molar-refractivity contribution is 7.42. The first-order chi connectivity index (χ1) is 7.88. The minimum Gasteiger partial charge on any atom is -0.497 e. The molecule has 0 heterocycles. The molecule has 0 N–H and O–H groups in total. The molecule has 3 heteroatoms. The van der Waals surface area contributed by atoms with Crippen molar-refractivity contribution in [1.82, 2.24) is 0 Å². The zero-order chi connectivity index (χ0) is 11.2. The lowest BCUT2D eigenvalue weighted by atomic mass is 10.3. The molecule has 0 fully saturated rings. The summed E-state index contributed by atoms with van der Waals surface area (Å²) in [4.78, 5) is 0. The fraction of sp³-hybridized carbons (Fsp3) is 0.0769. The van der Waals surface area contributed by atoms with Gasteiger partial charge < -0.3 is 9.26 Å². The van der Waals surface area contributed by atoms with Gasteiger partial charge in [-0.25, -0.2) is 0 Å². The van der Waals surface area contributed by atoms with Crippen LogP contribution in [0.15, 0.2) is 54.6 Å². The third-order valence-electron chi connectivity index (χ3n) is 2.12. The zero-order valence-corrected chi connectivity index (χ0v) is 10.0. The lowest BCUT2D eigenvalue weighted by Gasteiger charge is -2.05. The van der Waals surface area contributed by atoms with E-state index in [4.69, 9.17) is 9.26 Å².